The van der Waals surface area contributed by atoms with Crippen molar-refractivity contribution in [1.29, 1.82) is 0 Å². The average Bonchev–Trinajstić information content (AvgIpc) is 2.72. The maximum atomic E-state index is 11.5. The Morgan fingerprint density at radius 2 is 2.29 bits per heavy atom. The minimum Gasteiger partial charge on any atom is -0.480 e. The topological polar surface area (TPSA) is 107 Å². The van der Waals surface area contributed by atoms with E-state index in [9.17, 15) is 9.59 Å². The lowest BCUT2D eigenvalue weighted by molar-refractivity contribution is -0.148. The highest BCUT2D eigenvalue weighted by atomic mass is 16.4. The van der Waals surface area contributed by atoms with E-state index in [1.807, 2.05) is 0 Å². The second-order valence-electron chi connectivity index (χ2n) is 4.13. The quantitative estimate of drug-likeness (QED) is 0.601. The van der Waals surface area contributed by atoms with Gasteiger partial charge in [-0.1, -0.05) is 0 Å². The smallest absolute Gasteiger partial charge is 0.329 e. The first-order valence-electron chi connectivity index (χ1n) is 5.39. The molecule has 92 valence electrons. The Balaban J connectivity index is 1.83. The zero-order valence-electron chi connectivity index (χ0n) is 9.19. The normalized spacial score (nSPS) is 16.9. The van der Waals surface area contributed by atoms with E-state index in [0.717, 1.165) is 12.1 Å². The summed E-state index contributed by atoms with van der Waals surface area (Å²) in [7, 11) is 0. The van der Waals surface area contributed by atoms with Gasteiger partial charge in [-0.25, -0.2) is 14.6 Å². The van der Waals surface area contributed by atoms with Crippen LogP contribution in [-0.4, -0.2) is 32.6 Å². The van der Waals surface area contributed by atoms with Crippen molar-refractivity contribution >= 4 is 12.0 Å². The van der Waals surface area contributed by atoms with Gasteiger partial charge < -0.3 is 20.7 Å². The van der Waals surface area contributed by atoms with Crippen LogP contribution in [0.2, 0.25) is 0 Å². The molecule has 0 radical (unpaired) electrons. The number of carboxylic acids is 1. The second-order valence-corrected chi connectivity index (χ2v) is 4.13. The summed E-state index contributed by atoms with van der Waals surface area (Å²) in [5.74, 6) is -0.972. The van der Waals surface area contributed by atoms with Gasteiger partial charge in [0.25, 0.3) is 0 Å². The lowest BCUT2D eigenvalue weighted by atomic mass is 9.77. The summed E-state index contributed by atoms with van der Waals surface area (Å²) in [4.78, 5) is 29.2. The van der Waals surface area contributed by atoms with Crippen molar-refractivity contribution in [1.82, 2.24) is 20.6 Å². The minimum absolute atomic E-state index is 0.293. The highest BCUT2D eigenvalue weighted by molar-refractivity contribution is 5.87. The standard InChI is InChI=1S/C10H14N4O3/c15-8(16)10(2-1-3-10)14-9(17)12-5-7-4-11-6-13-7/h4,6H,1-3,5H2,(H,11,13)(H,15,16)(H2,12,14,17). The average molecular weight is 238 g/mol. The van der Waals surface area contributed by atoms with Crippen LogP contribution >= 0.6 is 0 Å². The number of carbonyl (C=O) groups is 2. The Hall–Kier alpha value is -2.05. The fourth-order valence-electron chi connectivity index (χ4n) is 1.74. The van der Waals surface area contributed by atoms with Crippen molar-refractivity contribution in [3.8, 4) is 0 Å². The molecule has 7 heteroatoms. The molecule has 2 amide bonds. The van der Waals surface area contributed by atoms with Crippen molar-refractivity contribution in [3.05, 3.63) is 18.2 Å². The van der Waals surface area contributed by atoms with Crippen molar-refractivity contribution < 1.29 is 14.7 Å². The van der Waals surface area contributed by atoms with Gasteiger partial charge >= 0.3 is 12.0 Å². The highest BCUT2D eigenvalue weighted by Gasteiger charge is 2.45. The van der Waals surface area contributed by atoms with Crippen LogP contribution in [0, 0.1) is 0 Å². The van der Waals surface area contributed by atoms with Gasteiger partial charge in [-0.15, -0.1) is 0 Å². The fraction of sp³-hybridized carbons (Fsp3) is 0.500. The molecule has 1 fully saturated rings. The van der Waals surface area contributed by atoms with Crippen LogP contribution in [0.1, 0.15) is 25.0 Å². The van der Waals surface area contributed by atoms with Crippen molar-refractivity contribution in [2.75, 3.05) is 0 Å². The number of imidazole rings is 1. The summed E-state index contributed by atoms with van der Waals surface area (Å²) in [6.45, 7) is 0.293. The van der Waals surface area contributed by atoms with Crippen LogP contribution in [0.25, 0.3) is 0 Å². The molecule has 1 aromatic heterocycles. The molecule has 1 aliphatic carbocycles. The van der Waals surface area contributed by atoms with Gasteiger partial charge in [0.05, 0.1) is 18.6 Å². The van der Waals surface area contributed by atoms with Gasteiger partial charge in [0.2, 0.25) is 0 Å². The number of aromatic nitrogens is 2. The lowest BCUT2D eigenvalue weighted by Gasteiger charge is -2.38. The van der Waals surface area contributed by atoms with E-state index in [-0.39, 0.29) is 0 Å². The number of aliphatic carboxylic acids is 1. The minimum atomic E-state index is -1.07. The van der Waals surface area contributed by atoms with Gasteiger partial charge in [-0.05, 0) is 19.3 Å². The third-order valence-corrected chi connectivity index (χ3v) is 2.96. The molecule has 1 aromatic rings. The van der Waals surface area contributed by atoms with E-state index < -0.39 is 17.5 Å². The van der Waals surface area contributed by atoms with Gasteiger partial charge in [0.15, 0.2) is 0 Å². The Labute approximate surface area is 97.6 Å². The third-order valence-electron chi connectivity index (χ3n) is 2.96. The number of amides is 2. The number of carbonyl (C=O) groups excluding carboxylic acids is 1. The Morgan fingerprint density at radius 3 is 2.76 bits per heavy atom. The predicted octanol–water partition coefficient (Wildman–Crippen LogP) is 0.216. The first-order valence-corrected chi connectivity index (χ1v) is 5.39. The molecule has 1 aliphatic rings. The summed E-state index contributed by atoms with van der Waals surface area (Å²) in [6.07, 6.45) is 4.91. The van der Waals surface area contributed by atoms with Gasteiger partial charge in [0.1, 0.15) is 5.54 Å². The molecule has 2 rings (SSSR count). The van der Waals surface area contributed by atoms with Gasteiger partial charge in [-0.3, -0.25) is 0 Å². The van der Waals surface area contributed by atoms with Crippen LogP contribution in [0.15, 0.2) is 12.5 Å². The number of H-pyrrole nitrogens is 1. The molecule has 0 spiro atoms. The maximum Gasteiger partial charge on any atom is 0.329 e. The van der Waals surface area contributed by atoms with Crippen molar-refractivity contribution in [3.63, 3.8) is 0 Å². The van der Waals surface area contributed by atoms with E-state index in [4.69, 9.17) is 5.11 Å². The van der Waals surface area contributed by atoms with Gasteiger partial charge in [0, 0.05) is 6.20 Å². The summed E-state index contributed by atoms with van der Waals surface area (Å²) >= 11 is 0. The number of rotatable bonds is 4. The first kappa shape index (κ1) is 11.4. The highest BCUT2D eigenvalue weighted by Crippen LogP contribution is 2.31. The molecular formula is C10H14N4O3. The number of carboxylic acid groups (broad SMARTS) is 1. The number of hydrogen-bond donors (Lipinski definition) is 4. The van der Waals surface area contributed by atoms with E-state index in [1.165, 1.54) is 6.33 Å². The maximum absolute atomic E-state index is 11.5. The molecule has 4 N–H and O–H groups in total. The van der Waals surface area contributed by atoms with E-state index in [2.05, 4.69) is 20.6 Å². The van der Waals surface area contributed by atoms with Crippen LogP contribution in [0.3, 0.4) is 0 Å². The number of hydrogen-bond acceptors (Lipinski definition) is 3. The molecule has 17 heavy (non-hydrogen) atoms. The Bertz CT molecular complexity index is 411. The molecule has 0 bridgehead atoms. The molecule has 7 nitrogen and oxygen atoms in total. The zero-order chi connectivity index (χ0) is 12.3. The number of urea groups is 1. The monoisotopic (exact) mass is 238 g/mol. The SMILES string of the molecule is O=C(NCc1cnc[nH]1)NC1(C(=O)O)CCC1. The molecule has 0 saturated heterocycles. The summed E-state index contributed by atoms with van der Waals surface area (Å²) in [6, 6.07) is -0.471. The summed E-state index contributed by atoms with van der Waals surface area (Å²) in [5, 5.41) is 14.1. The van der Waals surface area contributed by atoms with Crippen molar-refractivity contribution in [2.24, 2.45) is 0 Å². The fourth-order valence-corrected chi connectivity index (χ4v) is 1.74. The molecule has 1 saturated carbocycles. The lowest BCUT2D eigenvalue weighted by Crippen LogP contribution is -2.61. The van der Waals surface area contributed by atoms with Crippen molar-refractivity contribution in [2.45, 2.75) is 31.3 Å². The molecule has 0 aromatic carbocycles. The largest absolute Gasteiger partial charge is 0.480 e. The molecule has 0 atom stereocenters. The Kier molecular flexibility index (Phi) is 2.99. The molecule has 0 aliphatic heterocycles. The third kappa shape index (κ3) is 2.38. The second kappa shape index (κ2) is 4.44. The molecule has 0 unspecified atom stereocenters. The van der Waals surface area contributed by atoms with Gasteiger partial charge in [-0.2, -0.15) is 0 Å². The summed E-state index contributed by atoms with van der Waals surface area (Å²) < 4.78 is 0. The van der Waals surface area contributed by atoms with E-state index in [0.29, 0.717) is 19.4 Å². The number of nitrogens with one attached hydrogen (secondary N) is 3. The van der Waals surface area contributed by atoms with Crippen LogP contribution < -0.4 is 10.6 Å². The number of aromatic amines is 1. The van der Waals surface area contributed by atoms with Crippen LogP contribution in [-0.2, 0) is 11.3 Å². The predicted molar refractivity (Wildman–Crippen MR) is 58.2 cm³/mol. The Morgan fingerprint density at radius 1 is 1.53 bits per heavy atom. The molecular weight excluding hydrogens is 224 g/mol. The van der Waals surface area contributed by atoms with Crippen LogP contribution in [0.4, 0.5) is 4.79 Å². The van der Waals surface area contributed by atoms with E-state index in [1.54, 1.807) is 6.20 Å². The first-order chi connectivity index (χ1) is 8.12. The summed E-state index contributed by atoms with van der Waals surface area (Å²) in [5.41, 5.74) is -0.309. The zero-order valence-corrected chi connectivity index (χ0v) is 9.19. The molecule has 1 heterocycles. The number of nitrogens with zero attached hydrogens (tertiary/aromatic N) is 1. The van der Waals surface area contributed by atoms with E-state index >= 15 is 0 Å². The van der Waals surface area contributed by atoms with Crippen LogP contribution in [0.5, 0.6) is 0 Å².